The minimum atomic E-state index is -0.843. The molecule has 0 saturated heterocycles. The normalized spacial score (nSPS) is 12.2. The van der Waals surface area contributed by atoms with E-state index in [2.05, 4.69) is 5.32 Å². The lowest BCUT2D eigenvalue weighted by molar-refractivity contribution is -0.137. The first-order chi connectivity index (χ1) is 9.47. The summed E-state index contributed by atoms with van der Waals surface area (Å²) in [4.78, 5) is 10.9. The first kappa shape index (κ1) is 16.5. The van der Waals surface area contributed by atoms with Gasteiger partial charge in [0.1, 0.15) is 5.75 Å². The Balaban J connectivity index is 2.89. The average Bonchev–Trinajstić information content (AvgIpc) is 2.38. The molecule has 0 heterocycles. The van der Waals surface area contributed by atoms with Crippen LogP contribution in [0, 0.1) is 13.8 Å². The maximum absolute atomic E-state index is 10.9. The van der Waals surface area contributed by atoms with Crippen LogP contribution < -0.4 is 10.1 Å². The minimum Gasteiger partial charge on any atom is -0.497 e. The number of carboxylic acids is 1. The average molecular weight is 281 g/mol. The first-order valence-electron chi connectivity index (χ1n) is 6.68. The topological polar surface area (TPSA) is 78.8 Å². The van der Waals surface area contributed by atoms with Crippen molar-refractivity contribution in [2.45, 2.75) is 32.7 Å². The highest BCUT2D eigenvalue weighted by molar-refractivity contribution is 5.67. The summed E-state index contributed by atoms with van der Waals surface area (Å²) in [5.41, 5.74) is 3.30. The van der Waals surface area contributed by atoms with Crippen molar-refractivity contribution in [3.63, 3.8) is 0 Å². The number of hydrogen-bond donors (Lipinski definition) is 3. The van der Waals surface area contributed by atoms with E-state index in [0.717, 1.165) is 22.4 Å². The molecule has 0 amide bonds. The molecule has 5 nitrogen and oxygen atoms in total. The minimum absolute atomic E-state index is 0.00328. The fourth-order valence-electron chi connectivity index (χ4n) is 2.34. The predicted octanol–water partition coefficient (Wildman–Crippen LogP) is 1.28. The molecule has 112 valence electrons. The highest BCUT2D eigenvalue weighted by Crippen LogP contribution is 2.23. The summed E-state index contributed by atoms with van der Waals surface area (Å²) in [5.74, 6) is -0.0360. The van der Waals surface area contributed by atoms with Crippen LogP contribution in [0.1, 0.15) is 23.1 Å². The van der Waals surface area contributed by atoms with Gasteiger partial charge >= 0.3 is 5.97 Å². The number of methoxy groups -OCH3 is 1. The van der Waals surface area contributed by atoms with Crippen molar-refractivity contribution in [1.82, 2.24) is 5.32 Å². The molecule has 1 rings (SSSR count). The van der Waals surface area contributed by atoms with Gasteiger partial charge in [0.2, 0.25) is 0 Å². The van der Waals surface area contributed by atoms with Gasteiger partial charge in [-0.05, 0) is 49.1 Å². The molecule has 0 fully saturated rings. The lowest BCUT2D eigenvalue weighted by atomic mass is 9.94. The number of benzene rings is 1. The van der Waals surface area contributed by atoms with E-state index in [0.29, 0.717) is 13.0 Å². The van der Waals surface area contributed by atoms with Gasteiger partial charge in [0.25, 0.3) is 0 Å². The zero-order valence-corrected chi connectivity index (χ0v) is 12.3. The summed E-state index contributed by atoms with van der Waals surface area (Å²) in [5, 5.41) is 20.9. The van der Waals surface area contributed by atoms with Crippen molar-refractivity contribution >= 4 is 5.97 Å². The molecule has 20 heavy (non-hydrogen) atoms. The van der Waals surface area contributed by atoms with Crippen molar-refractivity contribution < 1.29 is 19.7 Å². The summed E-state index contributed by atoms with van der Waals surface area (Å²) in [6, 6.07) is 3.71. The molecule has 1 aromatic rings. The van der Waals surface area contributed by atoms with Crippen molar-refractivity contribution in [1.29, 1.82) is 0 Å². The Hall–Kier alpha value is -1.59. The second-order valence-corrected chi connectivity index (χ2v) is 4.92. The number of aliphatic hydroxyl groups excluding tert-OH is 1. The first-order valence-corrected chi connectivity index (χ1v) is 6.68. The van der Waals surface area contributed by atoms with E-state index >= 15 is 0 Å². The standard InChI is InChI=1S/C15H23NO4/c1-10-6-13(20-3)7-11(2)14(10)8-12(9-15(18)19)16-4-5-17/h6-7,12,16-17H,4-5,8-9H2,1-3H3,(H,18,19). The predicted molar refractivity (Wildman–Crippen MR) is 77.3 cm³/mol. The number of carbonyl (C=O) groups is 1. The Kier molecular flexibility index (Phi) is 6.48. The van der Waals surface area contributed by atoms with E-state index in [1.54, 1.807) is 7.11 Å². The molecule has 0 saturated carbocycles. The molecule has 3 N–H and O–H groups in total. The fourth-order valence-corrected chi connectivity index (χ4v) is 2.34. The maximum atomic E-state index is 10.9. The maximum Gasteiger partial charge on any atom is 0.304 e. The Morgan fingerprint density at radius 3 is 2.40 bits per heavy atom. The Labute approximate surface area is 119 Å². The SMILES string of the molecule is COc1cc(C)c(CC(CC(=O)O)NCCO)c(C)c1. The second-order valence-electron chi connectivity index (χ2n) is 4.92. The van der Waals surface area contributed by atoms with Crippen LogP contribution in [-0.2, 0) is 11.2 Å². The number of carboxylic acid groups (broad SMARTS) is 1. The highest BCUT2D eigenvalue weighted by Gasteiger charge is 2.16. The van der Waals surface area contributed by atoms with Gasteiger partial charge in [-0.1, -0.05) is 0 Å². The van der Waals surface area contributed by atoms with Crippen LogP contribution in [0.25, 0.3) is 0 Å². The van der Waals surface area contributed by atoms with E-state index in [1.165, 1.54) is 0 Å². The van der Waals surface area contributed by atoms with E-state index in [1.807, 2.05) is 26.0 Å². The van der Waals surface area contributed by atoms with Crippen molar-refractivity contribution in [3.8, 4) is 5.75 Å². The van der Waals surface area contributed by atoms with Gasteiger partial charge in [0.05, 0.1) is 20.1 Å². The van der Waals surface area contributed by atoms with Gasteiger partial charge in [0.15, 0.2) is 0 Å². The highest BCUT2D eigenvalue weighted by atomic mass is 16.5. The van der Waals surface area contributed by atoms with Gasteiger partial charge in [-0.25, -0.2) is 0 Å². The van der Waals surface area contributed by atoms with E-state index < -0.39 is 5.97 Å². The summed E-state index contributed by atoms with van der Waals surface area (Å²) in [7, 11) is 1.63. The molecule has 0 bridgehead atoms. The molecule has 1 aromatic carbocycles. The molecule has 5 heteroatoms. The van der Waals surface area contributed by atoms with Crippen molar-refractivity contribution in [2.75, 3.05) is 20.3 Å². The molecule has 0 aliphatic heterocycles. The molecule has 0 aliphatic rings. The summed E-state index contributed by atoms with van der Waals surface area (Å²) in [6.07, 6.45) is 0.652. The third kappa shape index (κ3) is 4.83. The number of aliphatic carboxylic acids is 1. The number of aliphatic hydroxyl groups is 1. The molecule has 0 aliphatic carbocycles. The smallest absolute Gasteiger partial charge is 0.304 e. The Morgan fingerprint density at radius 1 is 1.35 bits per heavy atom. The Bertz CT molecular complexity index is 436. The van der Waals surface area contributed by atoms with Crippen LogP contribution in [-0.4, -0.2) is 42.5 Å². The third-order valence-electron chi connectivity index (χ3n) is 3.32. The van der Waals surface area contributed by atoms with Crippen LogP contribution in [0.4, 0.5) is 0 Å². The van der Waals surface area contributed by atoms with Gasteiger partial charge in [-0.2, -0.15) is 0 Å². The van der Waals surface area contributed by atoms with Crippen LogP contribution in [0.5, 0.6) is 5.75 Å². The second kappa shape index (κ2) is 7.87. The van der Waals surface area contributed by atoms with Crippen molar-refractivity contribution in [2.24, 2.45) is 0 Å². The van der Waals surface area contributed by atoms with Crippen molar-refractivity contribution in [3.05, 3.63) is 28.8 Å². The molecule has 1 unspecified atom stereocenters. The summed E-state index contributed by atoms with van der Waals surface area (Å²) in [6.45, 7) is 4.38. The van der Waals surface area contributed by atoms with Crippen LogP contribution in [0.2, 0.25) is 0 Å². The number of hydrogen-bond acceptors (Lipinski definition) is 4. The number of rotatable bonds is 8. The van der Waals surface area contributed by atoms with E-state index in [4.69, 9.17) is 14.9 Å². The van der Waals surface area contributed by atoms with Gasteiger partial charge < -0.3 is 20.3 Å². The number of nitrogens with one attached hydrogen (secondary N) is 1. The molecule has 0 spiro atoms. The summed E-state index contributed by atoms with van der Waals surface area (Å²) < 4.78 is 5.22. The molecular weight excluding hydrogens is 258 g/mol. The lowest BCUT2D eigenvalue weighted by Gasteiger charge is -2.20. The monoisotopic (exact) mass is 281 g/mol. The third-order valence-corrected chi connectivity index (χ3v) is 3.32. The fraction of sp³-hybridized carbons (Fsp3) is 0.533. The van der Waals surface area contributed by atoms with E-state index in [-0.39, 0.29) is 19.1 Å². The molecule has 1 atom stereocenters. The zero-order valence-electron chi connectivity index (χ0n) is 12.3. The van der Waals surface area contributed by atoms with Gasteiger partial charge in [-0.15, -0.1) is 0 Å². The molecule has 0 aromatic heterocycles. The molecule has 0 radical (unpaired) electrons. The van der Waals surface area contributed by atoms with Gasteiger partial charge in [0, 0.05) is 12.6 Å². The van der Waals surface area contributed by atoms with Crippen LogP contribution in [0.3, 0.4) is 0 Å². The zero-order chi connectivity index (χ0) is 15.1. The molecular formula is C15H23NO4. The summed E-state index contributed by atoms with van der Waals surface area (Å²) >= 11 is 0. The van der Waals surface area contributed by atoms with Crippen LogP contribution >= 0.6 is 0 Å². The van der Waals surface area contributed by atoms with Gasteiger partial charge in [-0.3, -0.25) is 4.79 Å². The Morgan fingerprint density at radius 2 is 1.95 bits per heavy atom. The lowest BCUT2D eigenvalue weighted by Crippen LogP contribution is -2.35. The largest absolute Gasteiger partial charge is 0.497 e. The van der Waals surface area contributed by atoms with E-state index in [9.17, 15) is 4.79 Å². The number of aryl methyl sites for hydroxylation is 2. The number of ether oxygens (including phenoxy) is 1. The quantitative estimate of drug-likeness (QED) is 0.669. The van der Waals surface area contributed by atoms with Crippen LogP contribution in [0.15, 0.2) is 12.1 Å².